The van der Waals surface area contributed by atoms with Crippen molar-refractivity contribution in [1.29, 1.82) is 0 Å². The fraction of sp³-hybridized carbons (Fsp3) is 0.647. The zero-order valence-corrected chi connectivity index (χ0v) is 16.3. The second-order valence-corrected chi connectivity index (χ2v) is 10.7. The highest BCUT2D eigenvalue weighted by Gasteiger charge is 2.58. The van der Waals surface area contributed by atoms with Gasteiger partial charge in [0.05, 0.1) is 16.3 Å². The lowest BCUT2D eigenvalue weighted by molar-refractivity contribution is -0.109. The molecule has 4 aliphatic rings. The Morgan fingerprint density at radius 1 is 1.22 bits per heavy atom. The van der Waals surface area contributed by atoms with Crippen LogP contribution in [-0.4, -0.2) is 72.8 Å². The number of carbonyl (C=O) groups excluding carboxylic acids is 1. The molecule has 3 aliphatic heterocycles. The molecule has 1 aromatic rings. The van der Waals surface area contributed by atoms with E-state index >= 15 is 0 Å². The van der Waals surface area contributed by atoms with Gasteiger partial charge in [-0.2, -0.15) is 0 Å². The van der Waals surface area contributed by atoms with Gasteiger partial charge in [0.2, 0.25) is 15.9 Å². The van der Waals surface area contributed by atoms with Crippen LogP contribution < -0.4 is 9.46 Å². The summed E-state index contributed by atoms with van der Waals surface area (Å²) in [5, 5.41) is 0.582. The molecule has 2 amide bonds. The molecule has 0 bridgehead atoms. The molecular weight excluding hydrogens is 392 g/mol. The van der Waals surface area contributed by atoms with Crippen LogP contribution in [0, 0.1) is 5.41 Å². The maximum Gasteiger partial charge on any atom is 0.320 e. The highest BCUT2D eigenvalue weighted by atomic mass is 35.5. The van der Waals surface area contributed by atoms with Crippen molar-refractivity contribution in [1.82, 2.24) is 19.5 Å². The Morgan fingerprint density at radius 3 is 2.52 bits per heavy atom. The molecule has 1 aliphatic carbocycles. The third-order valence-corrected chi connectivity index (χ3v) is 7.82. The van der Waals surface area contributed by atoms with Gasteiger partial charge < -0.3 is 14.5 Å². The van der Waals surface area contributed by atoms with Crippen molar-refractivity contribution in [3.63, 3.8) is 0 Å². The lowest BCUT2D eigenvalue weighted by atomic mass is 9.62. The summed E-state index contributed by atoms with van der Waals surface area (Å²) >= 11 is 5.82. The van der Waals surface area contributed by atoms with Crippen molar-refractivity contribution in [3.05, 3.63) is 23.4 Å². The number of halogens is 1. The van der Waals surface area contributed by atoms with Crippen LogP contribution in [0.5, 0.6) is 5.88 Å². The van der Waals surface area contributed by atoms with Crippen LogP contribution in [0.1, 0.15) is 19.3 Å². The lowest BCUT2D eigenvalue weighted by Gasteiger charge is -2.60. The van der Waals surface area contributed by atoms with Gasteiger partial charge in [0.25, 0.3) is 0 Å². The zero-order valence-electron chi connectivity index (χ0n) is 14.7. The predicted octanol–water partition coefficient (Wildman–Crippen LogP) is 1.08. The minimum atomic E-state index is -3.15. The molecule has 0 atom stereocenters. The minimum absolute atomic E-state index is 0.0149. The molecule has 27 heavy (non-hydrogen) atoms. The summed E-state index contributed by atoms with van der Waals surface area (Å²) in [4.78, 5) is 20.3. The van der Waals surface area contributed by atoms with Crippen LogP contribution in [0.3, 0.4) is 0 Å². The highest BCUT2D eigenvalue weighted by molar-refractivity contribution is 7.89. The second-order valence-electron chi connectivity index (χ2n) is 8.41. The van der Waals surface area contributed by atoms with E-state index in [1.807, 2.05) is 4.90 Å². The molecule has 1 aromatic heterocycles. The van der Waals surface area contributed by atoms with E-state index in [0.717, 1.165) is 25.9 Å². The first-order valence-corrected chi connectivity index (χ1v) is 11.1. The minimum Gasteiger partial charge on any atom is -0.474 e. The summed E-state index contributed by atoms with van der Waals surface area (Å²) in [6, 6.07) is 3.54. The van der Waals surface area contributed by atoms with Gasteiger partial charge in [0.1, 0.15) is 6.10 Å². The van der Waals surface area contributed by atoms with Gasteiger partial charge in [-0.05, 0) is 25.3 Å². The SMILES string of the molecule is O=C(N1CC2(CC(Oc3ccc(Cl)cn3)C2)C1)N1CC2(CCS(=O)(=O)N2)C1. The molecule has 0 aromatic carbocycles. The van der Waals surface area contributed by atoms with Crippen molar-refractivity contribution in [2.75, 3.05) is 31.9 Å². The first-order chi connectivity index (χ1) is 12.8. The average Bonchev–Trinajstić information content (AvgIpc) is 2.84. The van der Waals surface area contributed by atoms with Gasteiger partial charge in [-0.15, -0.1) is 0 Å². The van der Waals surface area contributed by atoms with Crippen LogP contribution in [0.15, 0.2) is 18.3 Å². The van der Waals surface area contributed by atoms with Crippen LogP contribution in [0.4, 0.5) is 4.79 Å². The summed E-state index contributed by atoms with van der Waals surface area (Å²) in [6.45, 7) is 2.44. The fourth-order valence-corrected chi connectivity index (χ4v) is 6.52. The van der Waals surface area contributed by atoms with E-state index in [2.05, 4.69) is 9.71 Å². The number of sulfonamides is 1. The Labute approximate surface area is 162 Å². The molecule has 146 valence electrons. The van der Waals surface area contributed by atoms with E-state index in [4.69, 9.17) is 16.3 Å². The number of pyridine rings is 1. The lowest BCUT2D eigenvalue weighted by Crippen LogP contribution is -2.74. The molecule has 5 rings (SSSR count). The molecule has 0 unspecified atom stereocenters. The summed E-state index contributed by atoms with van der Waals surface area (Å²) in [7, 11) is -3.15. The Balaban J connectivity index is 1.08. The van der Waals surface area contributed by atoms with E-state index in [-0.39, 0.29) is 23.3 Å². The van der Waals surface area contributed by atoms with E-state index < -0.39 is 15.6 Å². The van der Waals surface area contributed by atoms with Crippen LogP contribution in [-0.2, 0) is 10.0 Å². The van der Waals surface area contributed by atoms with E-state index in [9.17, 15) is 13.2 Å². The number of hydrogen-bond acceptors (Lipinski definition) is 5. The van der Waals surface area contributed by atoms with Crippen molar-refractivity contribution in [3.8, 4) is 5.88 Å². The molecule has 4 heterocycles. The van der Waals surface area contributed by atoms with E-state index in [0.29, 0.717) is 30.4 Å². The molecule has 0 radical (unpaired) electrons. The average molecular weight is 413 g/mol. The topological polar surface area (TPSA) is 91.8 Å². The van der Waals surface area contributed by atoms with Crippen molar-refractivity contribution in [2.45, 2.75) is 30.9 Å². The quantitative estimate of drug-likeness (QED) is 0.784. The largest absolute Gasteiger partial charge is 0.474 e. The molecule has 2 spiro atoms. The number of amides is 2. The van der Waals surface area contributed by atoms with Gasteiger partial charge >= 0.3 is 6.03 Å². The second kappa shape index (κ2) is 5.71. The summed E-state index contributed by atoms with van der Waals surface area (Å²) < 4.78 is 31.7. The maximum atomic E-state index is 12.6. The molecule has 1 N–H and O–H groups in total. The molecule has 3 saturated heterocycles. The molecule has 10 heteroatoms. The monoisotopic (exact) mass is 412 g/mol. The number of nitrogens with one attached hydrogen (secondary N) is 1. The number of hydrogen-bond donors (Lipinski definition) is 1. The molecular formula is C17H21ClN4O4S. The smallest absolute Gasteiger partial charge is 0.320 e. The number of carbonyl (C=O) groups is 1. The van der Waals surface area contributed by atoms with Gasteiger partial charge in [0, 0.05) is 43.9 Å². The van der Waals surface area contributed by atoms with Crippen molar-refractivity contribution >= 4 is 27.7 Å². The maximum absolute atomic E-state index is 12.6. The molecule has 4 fully saturated rings. The van der Waals surface area contributed by atoms with E-state index in [1.165, 1.54) is 0 Å². The Hall–Kier alpha value is -1.58. The number of nitrogens with zero attached hydrogens (tertiary/aromatic N) is 3. The summed E-state index contributed by atoms with van der Waals surface area (Å²) in [5.41, 5.74) is -0.248. The van der Waals surface area contributed by atoms with Crippen molar-refractivity contribution in [2.24, 2.45) is 5.41 Å². The highest BCUT2D eigenvalue weighted by Crippen LogP contribution is 2.50. The first-order valence-electron chi connectivity index (χ1n) is 9.09. The molecule has 1 saturated carbocycles. The summed E-state index contributed by atoms with van der Waals surface area (Å²) in [6.07, 6.45) is 4.13. The first kappa shape index (κ1) is 17.5. The molecule has 8 nitrogen and oxygen atoms in total. The van der Waals surface area contributed by atoms with Gasteiger partial charge in [-0.1, -0.05) is 11.6 Å². The van der Waals surface area contributed by atoms with Crippen molar-refractivity contribution < 1.29 is 17.9 Å². The standard InChI is InChI=1S/C17H21ClN4O4S/c18-12-1-2-14(19-7-12)26-13-5-16(6-13)8-21(9-16)15(23)22-10-17(11-22)3-4-27(24,25)20-17/h1-2,7,13,20H,3-6,8-11H2. The Morgan fingerprint density at radius 2 is 1.93 bits per heavy atom. The zero-order chi connectivity index (χ0) is 18.9. The number of aromatic nitrogens is 1. The number of urea groups is 1. The normalized spacial score (nSPS) is 27.1. The Bertz CT molecular complexity index is 871. The Kier molecular flexibility index (Phi) is 3.71. The van der Waals surface area contributed by atoms with Crippen LogP contribution in [0.2, 0.25) is 5.02 Å². The number of likely N-dealkylation sites (tertiary alicyclic amines) is 2. The van der Waals surface area contributed by atoms with Crippen LogP contribution in [0.25, 0.3) is 0 Å². The third-order valence-electron chi connectivity index (χ3n) is 6.11. The van der Waals surface area contributed by atoms with Gasteiger partial charge in [0.15, 0.2) is 0 Å². The van der Waals surface area contributed by atoms with Gasteiger partial charge in [-0.3, -0.25) is 0 Å². The van der Waals surface area contributed by atoms with Crippen LogP contribution >= 0.6 is 11.6 Å². The van der Waals surface area contributed by atoms with Gasteiger partial charge in [-0.25, -0.2) is 22.9 Å². The number of rotatable bonds is 2. The predicted molar refractivity (Wildman–Crippen MR) is 98.1 cm³/mol. The summed E-state index contributed by atoms with van der Waals surface area (Å²) in [5.74, 6) is 0.738. The number of ether oxygens (including phenoxy) is 1. The third kappa shape index (κ3) is 3.05. The van der Waals surface area contributed by atoms with E-state index in [1.54, 1.807) is 23.2 Å². The fourth-order valence-electron chi connectivity index (χ4n) is 4.75.